The van der Waals surface area contributed by atoms with Crippen molar-refractivity contribution in [2.75, 3.05) is 19.8 Å². The van der Waals surface area contributed by atoms with Crippen LogP contribution in [0.15, 0.2) is 11.6 Å². The molecule has 17 heteroatoms. The Labute approximate surface area is 369 Å². The van der Waals surface area contributed by atoms with Gasteiger partial charge in [0.05, 0.1) is 36.8 Å². The highest BCUT2D eigenvalue weighted by molar-refractivity contribution is 5.76. The summed E-state index contributed by atoms with van der Waals surface area (Å²) in [5.74, 6) is -0.717. The lowest BCUT2D eigenvalue weighted by atomic mass is 9.33. The summed E-state index contributed by atoms with van der Waals surface area (Å²) in [7, 11) is 0. The minimum atomic E-state index is -1.79. The first-order chi connectivity index (χ1) is 29.5. The summed E-state index contributed by atoms with van der Waals surface area (Å²) >= 11 is 0. The zero-order chi connectivity index (χ0) is 45.8. The Hall–Kier alpha value is -1.68. The Balaban J connectivity index is 1.10. The van der Waals surface area contributed by atoms with Crippen LogP contribution in [0.1, 0.15) is 106 Å². The SMILES string of the molecule is CC1(C)CC[C@]2(C(=O)O)CC[C@]3(C)C(=CCC4[C@@]5(C)CC[C@H](OC6O[C@H](CO)[C@@H](O)[C@H](OC7OC[C@@H](O)[C@H](O)[C@H]7O)[C@H]6OC6OC[C@H](O)[C@H](O)[C@H]6O)[C@@](C)(C=O)C5CC[C@]43C)C2C1. The second-order valence-corrected chi connectivity index (χ2v) is 22.2. The monoisotopic (exact) mass is 896 g/mol. The fraction of sp³-hybridized carbons (Fsp3) is 0.913. The summed E-state index contributed by atoms with van der Waals surface area (Å²) < 4.78 is 36.4. The molecule has 3 heterocycles. The van der Waals surface area contributed by atoms with Gasteiger partial charge in [-0.25, -0.2) is 0 Å². The highest BCUT2D eigenvalue weighted by atomic mass is 16.8. The van der Waals surface area contributed by atoms with Crippen molar-refractivity contribution < 1.29 is 84.0 Å². The van der Waals surface area contributed by atoms with Gasteiger partial charge < -0.3 is 79.2 Å². The molecule has 8 rings (SSSR count). The first-order valence-corrected chi connectivity index (χ1v) is 23.1. The Morgan fingerprint density at radius 2 is 1.33 bits per heavy atom. The maximum absolute atomic E-state index is 13.8. The molecule has 0 radical (unpaired) electrons. The molecule has 6 unspecified atom stereocenters. The first kappa shape index (κ1) is 47.8. The second kappa shape index (κ2) is 16.8. The molecule has 0 aromatic rings. The van der Waals surface area contributed by atoms with Crippen molar-refractivity contribution >= 4 is 12.3 Å². The van der Waals surface area contributed by atoms with Crippen LogP contribution in [0, 0.1) is 50.2 Å². The number of carboxylic acids is 1. The third-order valence-corrected chi connectivity index (χ3v) is 18.6. The topological polar surface area (TPSA) is 272 Å². The standard InChI is InChI=1S/C46H72O17/c1-41(2)13-15-46(40(56)57)16-14-44(5)22(23(46)17-41)7-8-28-42(3)11-10-29(43(4,21-48)27(42)9-12-45(28,44)6)61-39-36(63-38-34(55)31(52)25(50)20-59-38)35(32(53)26(18-47)60-39)62-37-33(54)30(51)24(49)19-58-37/h7,21,23-39,47,49-55H,8-20H2,1-6H3,(H,56,57)/t23?,24-,25+,26-,27?,28?,29+,30+,31+,32-,33-,34-,35+,36-,37?,38?,39?,42+,43+,44-,45-,46+/m1/s1. The molecule has 3 aliphatic heterocycles. The van der Waals surface area contributed by atoms with E-state index in [1.807, 2.05) is 6.92 Å². The normalized spacial score (nSPS) is 54.4. The lowest BCUT2D eigenvalue weighted by Crippen LogP contribution is -2.68. The number of carbonyl (C=O) groups is 2. The number of hydrogen-bond acceptors (Lipinski definition) is 16. The van der Waals surface area contributed by atoms with E-state index in [-0.39, 0.29) is 39.4 Å². The van der Waals surface area contributed by atoms with E-state index >= 15 is 0 Å². The molecule has 22 atom stereocenters. The van der Waals surface area contributed by atoms with Crippen LogP contribution in [0.25, 0.3) is 0 Å². The zero-order valence-electron chi connectivity index (χ0n) is 37.5. The van der Waals surface area contributed by atoms with Gasteiger partial charge in [-0.1, -0.05) is 53.2 Å². The molecule has 358 valence electrons. The smallest absolute Gasteiger partial charge is 0.310 e. The maximum atomic E-state index is 13.8. The Kier molecular flexibility index (Phi) is 12.8. The van der Waals surface area contributed by atoms with Crippen LogP contribution >= 0.6 is 0 Å². The molecule has 9 N–H and O–H groups in total. The molecular weight excluding hydrogens is 824 g/mol. The lowest BCUT2D eigenvalue weighted by molar-refractivity contribution is -0.390. The number of rotatable bonds is 9. The summed E-state index contributed by atoms with van der Waals surface area (Å²) in [6.07, 6.45) is -11.0. The molecule has 8 aliphatic rings. The first-order valence-electron chi connectivity index (χ1n) is 23.1. The van der Waals surface area contributed by atoms with Crippen molar-refractivity contribution in [1.29, 1.82) is 0 Å². The molecule has 0 bridgehead atoms. The molecule has 3 saturated heterocycles. The quantitative estimate of drug-likeness (QED) is 0.0893. The third-order valence-electron chi connectivity index (χ3n) is 18.6. The number of ether oxygens (including phenoxy) is 6. The van der Waals surface area contributed by atoms with E-state index in [1.165, 1.54) is 5.57 Å². The van der Waals surface area contributed by atoms with Crippen molar-refractivity contribution in [2.24, 2.45) is 50.2 Å². The van der Waals surface area contributed by atoms with E-state index in [1.54, 1.807) is 0 Å². The lowest BCUT2D eigenvalue weighted by Gasteiger charge is -2.71. The van der Waals surface area contributed by atoms with Gasteiger partial charge in [0.2, 0.25) is 0 Å². The number of aliphatic hydroxyl groups is 8. The predicted molar refractivity (Wildman–Crippen MR) is 219 cm³/mol. The number of aldehydes is 1. The Morgan fingerprint density at radius 1 is 0.730 bits per heavy atom. The fourth-order valence-electron chi connectivity index (χ4n) is 14.4. The van der Waals surface area contributed by atoms with Gasteiger partial charge in [0.15, 0.2) is 18.9 Å². The number of fused-ring (bicyclic) bond motifs is 7. The number of aliphatic carboxylic acids is 1. The Morgan fingerprint density at radius 3 is 1.92 bits per heavy atom. The van der Waals surface area contributed by atoms with Crippen molar-refractivity contribution in [3.05, 3.63) is 11.6 Å². The highest BCUT2D eigenvalue weighted by Gasteiger charge is 2.70. The molecule has 0 aromatic carbocycles. The summed E-state index contributed by atoms with van der Waals surface area (Å²) in [6, 6.07) is 0. The van der Waals surface area contributed by atoms with Crippen LogP contribution in [0.4, 0.5) is 0 Å². The summed E-state index contributed by atoms with van der Waals surface area (Å²) in [5.41, 5.74) is -1.27. The largest absolute Gasteiger partial charge is 0.481 e. The molecule has 63 heavy (non-hydrogen) atoms. The predicted octanol–water partition coefficient (Wildman–Crippen LogP) is 1.16. The van der Waals surface area contributed by atoms with Crippen LogP contribution in [-0.4, -0.2) is 164 Å². The van der Waals surface area contributed by atoms with Crippen molar-refractivity contribution in [2.45, 2.75) is 192 Å². The van der Waals surface area contributed by atoms with Gasteiger partial charge in [-0.05, 0) is 104 Å². The van der Waals surface area contributed by atoms with Gasteiger partial charge in [0.25, 0.3) is 0 Å². The van der Waals surface area contributed by atoms with Crippen molar-refractivity contribution in [3.63, 3.8) is 0 Å². The van der Waals surface area contributed by atoms with E-state index in [9.17, 15) is 55.5 Å². The second-order valence-electron chi connectivity index (χ2n) is 22.2. The van der Waals surface area contributed by atoms with E-state index in [0.29, 0.717) is 32.1 Å². The molecule has 0 aromatic heterocycles. The summed E-state index contributed by atoms with van der Waals surface area (Å²) in [4.78, 5) is 26.9. The Bertz CT molecular complexity index is 1740. The average molecular weight is 897 g/mol. The number of aliphatic hydroxyl groups excluding tert-OH is 8. The van der Waals surface area contributed by atoms with E-state index in [0.717, 1.165) is 38.4 Å². The highest BCUT2D eigenvalue weighted by Crippen LogP contribution is 2.76. The molecule has 4 saturated carbocycles. The summed E-state index contributed by atoms with van der Waals surface area (Å²) in [6.45, 7) is 11.9. The number of hydrogen-bond donors (Lipinski definition) is 9. The molecule has 5 aliphatic carbocycles. The average Bonchev–Trinajstić information content (AvgIpc) is 3.23. The van der Waals surface area contributed by atoms with Gasteiger partial charge in [-0.15, -0.1) is 0 Å². The maximum Gasteiger partial charge on any atom is 0.310 e. The molecule has 7 fully saturated rings. The number of allylic oxidation sites excluding steroid dienone is 2. The van der Waals surface area contributed by atoms with Crippen LogP contribution in [0.5, 0.6) is 0 Å². The van der Waals surface area contributed by atoms with E-state index in [4.69, 9.17) is 28.4 Å². The third kappa shape index (κ3) is 7.42. The molecule has 17 nitrogen and oxygen atoms in total. The van der Waals surface area contributed by atoms with Crippen LogP contribution < -0.4 is 0 Å². The van der Waals surface area contributed by atoms with Gasteiger partial charge in [-0.3, -0.25) is 4.79 Å². The van der Waals surface area contributed by atoms with Crippen LogP contribution in [0.2, 0.25) is 0 Å². The van der Waals surface area contributed by atoms with Gasteiger partial charge >= 0.3 is 5.97 Å². The van der Waals surface area contributed by atoms with Crippen molar-refractivity contribution in [1.82, 2.24) is 0 Å². The number of carboxylic acid groups (broad SMARTS) is 1. The molecular formula is C46H72O17. The number of carbonyl (C=O) groups excluding carboxylic acids is 1. The van der Waals surface area contributed by atoms with Gasteiger partial charge in [0, 0.05) is 0 Å². The molecule has 0 spiro atoms. The van der Waals surface area contributed by atoms with Gasteiger partial charge in [0.1, 0.15) is 67.3 Å². The zero-order valence-corrected chi connectivity index (χ0v) is 37.5. The van der Waals surface area contributed by atoms with Gasteiger partial charge in [-0.2, -0.15) is 0 Å². The molecule has 0 amide bonds. The van der Waals surface area contributed by atoms with Crippen LogP contribution in [-0.2, 0) is 38.0 Å². The minimum absolute atomic E-state index is 0.0335. The van der Waals surface area contributed by atoms with Crippen LogP contribution in [0.3, 0.4) is 0 Å². The van der Waals surface area contributed by atoms with Crippen molar-refractivity contribution in [3.8, 4) is 0 Å². The van der Waals surface area contributed by atoms with E-state index in [2.05, 4.69) is 40.7 Å². The summed E-state index contributed by atoms with van der Waals surface area (Å²) in [5, 5.41) is 95.8. The minimum Gasteiger partial charge on any atom is -0.481 e. The van der Waals surface area contributed by atoms with E-state index < -0.39 is 123 Å². The fourth-order valence-corrected chi connectivity index (χ4v) is 14.4.